The average molecular weight is 264 g/mol. The van der Waals surface area contributed by atoms with Crippen LogP contribution in [-0.4, -0.2) is 64.6 Å². The van der Waals surface area contributed by atoms with Crippen LogP contribution in [0.4, 0.5) is 0 Å². The van der Waals surface area contributed by atoms with Gasteiger partial charge in [0.1, 0.15) is 0 Å². The van der Waals surface area contributed by atoms with E-state index >= 15 is 0 Å². The highest BCUT2D eigenvalue weighted by Gasteiger charge is 1.92. The molecule has 0 unspecified atom stereocenters. The molecule has 110 valence electrons. The summed E-state index contributed by atoms with van der Waals surface area (Å²) in [5.41, 5.74) is 0. The summed E-state index contributed by atoms with van der Waals surface area (Å²) in [7, 11) is 0. The van der Waals surface area contributed by atoms with E-state index in [0.29, 0.717) is 52.7 Å². The molecule has 0 amide bonds. The third-order valence-corrected chi connectivity index (χ3v) is 2.21. The molecule has 0 atom stereocenters. The van der Waals surface area contributed by atoms with Gasteiger partial charge in [0.05, 0.1) is 39.6 Å². The van der Waals surface area contributed by atoms with Crippen LogP contribution in [0.5, 0.6) is 0 Å². The Kier molecular flexibility index (Phi) is 16.6. The molecule has 0 aromatic heterocycles. The highest BCUT2D eigenvalue weighted by atomic mass is 16.6. The predicted octanol–water partition coefficient (Wildman–Crippen LogP) is 1.24. The summed E-state index contributed by atoms with van der Waals surface area (Å²) in [5.74, 6) is 0. The monoisotopic (exact) mass is 264 g/mol. The van der Waals surface area contributed by atoms with Crippen LogP contribution in [0, 0.1) is 0 Å². The van der Waals surface area contributed by atoms with Crippen LogP contribution in [0.3, 0.4) is 0 Å². The van der Waals surface area contributed by atoms with Crippen LogP contribution in [0.25, 0.3) is 0 Å². The van der Waals surface area contributed by atoms with Crippen LogP contribution in [-0.2, 0) is 18.9 Å². The van der Waals surface area contributed by atoms with Crippen molar-refractivity contribution >= 4 is 0 Å². The van der Waals surface area contributed by atoms with Crippen LogP contribution in [0.15, 0.2) is 0 Å². The minimum atomic E-state index is 0.176. The van der Waals surface area contributed by atoms with Crippen LogP contribution in [0.1, 0.15) is 26.2 Å². The molecular formula is C13H28O5. The van der Waals surface area contributed by atoms with Gasteiger partial charge in [-0.2, -0.15) is 0 Å². The topological polar surface area (TPSA) is 57.2 Å². The molecule has 1 N–H and O–H groups in total. The van der Waals surface area contributed by atoms with E-state index in [1.165, 1.54) is 0 Å². The molecule has 0 rings (SSSR count). The standard InChI is InChI=1S/C13H28O5/c1-2-3-6-15-8-10-17-12-13-18-11-9-16-7-4-5-14/h14H,2-13H2,1H3. The van der Waals surface area contributed by atoms with E-state index in [1.807, 2.05) is 0 Å². The number of rotatable bonds is 15. The van der Waals surface area contributed by atoms with Gasteiger partial charge < -0.3 is 24.1 Å². The van der Waals surface area contributed by atoms with Crippen molar-refractivity contribution in [3.8, 4) is 0 Å². The van der Waals surface area contributed by atoms with Crippen molar-refractivity contribution in [2.45, 2.75) is 26.2 Å². The second-order valence-electron chi connectivity index (χ2n) is 3.88. The van der Waals surface area contributed by atoms with Crippen LogP contribution >= 0.6 is 0 Å². The summed E-state index contributed by atoms with van der Waals surface area (Å²) < 4.78 is 21.2. The van der Waals surface area contributed by atoms with Crippen molar-refractivity contribution < 1.29 is 24.1 Å². The molecule has 0 saturated carbocycles. The first-order chi connectivity index (χ1) is 8.91. The maximum atomic E-state index is 8.52. The van der Waals surface area contributed by atoms with E-state index in [4.69, 9.17) is 24.1 Å². The Morgan fingerprint density at radius 2 is 1.00 bits per heavy atom. The minimum absolute atomic E-state index is 0.176. The minimum Gasteiger partial charge on any atom is -0.396 e. The first-order valence-corrected chi connectivity index (χ1v) is 6.83. The molecule has 0 aromatic carbocycles. The zero-order chi connectivity index (χ0) is 13.3. The SMILES string of the molecule is CCCCOCCOCCOCCOCCCO. The third kappa shape index (κ3) is 15.8. The van der Waals surface area contributed by atoms with Gasteiger partial charge in [-0.25, -0.2) is 0 Å². The Bertz CT molecular complexity index is 127. The number of hydrogen-bond donors (Lipinski definition) is 1. The fraction of sp³-hybridized carbons (Fsp3) is 1.00. The van der Waals surface area contributed by atoms with E-state index in [-0.39, 0.29) is 6.61 Å². The van der Waals surface area contributed by atoms with Crippen molar-refractivity contribution in [2.75, 3.05) is 59.5 Å². The normalized spacial score (nSPS) is 11.0. The lowest BCUT2D eigenvalue weighted by Crippen LogP contribution is -2.12. The van der Waals surface area contributed by atoms with Crippen LogP contribution < -0.4 is 0 Å². The highest BCUT2D eigenvalue weighted by molar-refractivity contribution is 4.36. The zero-order valence-corrected chi connectivity index (χ0v) is 11.6. The number of aliphatic hydroxyl groups excluding tert-OH is 1. The maximum absolute atomic E-state index is 8.52. The van der Waals surface area contributed by atoms with Gasteiger partial charge in [0.15, 0.2) is 0 Å². The summed E-state index contributed by atoms with van der Waals surface area (Å²) in [6, 6.07) is 0. The van der Waals surface area contributed by atoms with Gasteiger partial charge in [0, 0.05) is 19.8 Å². The van der Waals surface area contributed by atoms with Crippen molar-refractivity contribution in [1.82, 2.24) is 0 Å². The molecule has 0 saturated heterocycles. The first-order valence-electron chi connectivity index (χ1n) is 6.83. The fourth-order valence-electron chi connectivity index (χ4n) is 1.17. The molecule has 0 aliphatic rings. The van der Waals surface area contributed by atoms with Crippen molar-refractivity contribution in [1.29, 1.82) is 0 Å². The lowest BCUT2D eigenvalue weighted by atomic mass is 10.4. The van der Waals surface area contributed by atoms with Gasteiger partial charge >= 0.3 is 0 Å². The Morgan fingerprint density at radius 3 is 1.39 bits per heavy atom. The van der Waals surface area contributed by atoms with Gasteiger partial charge in [0.25, 0.3) is 0 Å². The average Bonchev–Trinajstić information content (AvgIpc) is 2.39. The molecule has 0 spiro atoms. The summed E-state index contributed by atoms with van der Waals surface area (Å²) >= 11 is 0. The summed E-state index contributed by atoms with van der Waals surface area (Å²) in [4.78, 5) is 0. The largest absolute Gasteiger partial charge is 0.396 e. The highest BCUT2D eigenvalue weighted by Crippen LogP contribution is 1.88. The third-order valence-electron chi connectivity index (χ3n) is 2.21. The zero-order valence-electron chi connectivity index (χ0n) is 11.6. The van der Waals surface area contributed by atoms with E-state index in [1.54, 1.807) is 0 Å². The van der Waals surface area contributed by atoms with Gasteiger partial charge in [0.2, 0.25) is 0 Å². The molecular weight excluding hydrogens is 236 g/mol. The van der Waals surface area contributed by atoms with E-state index < -0.39 is 0 Å². The van der Waals surface area contributed by atoms with Gasteiger partial charge in [-0.1, -0.05) is 13.3 Å². The lowest BCUT2D eigenvalue weighted by molar-refractivity contribution is -0.00315. The smallest absolute Gasteiger partial charge is 0.0701 e. The van der Waals surface area contributed by atoms with E-state index in [9.17, 15) is 0 Å². The molecule has 0 radical (unpaired) electrons. The second-order valence-corrected chi connectivity index (χ2v) is 3.88. The van der Waals surface area contributed by atoms with Crippen LogP contribution in [0.2, 0.25) is 0 Å². The van der Waals surface area contributed by atoms with Gasteiger partial charge in [-0.05, 0) is 12.8 Å². The van der Waals surface area contributed by atoms with Crippen molar-refractivity contribution in [2.24, 2.45) is 0 Å². The van der Waals surface area contributed by atoms with Gasteiger partial charge in [-0.15, -0.1) is 0 Å². The van der Waals surface area contributed by atoms with Gasteiger partial charge in [-0.3, -0.25) is 0 Å². The molecule has 0 aromatic rings. The Morgan fingerprint density at radius 1 is 0.611 bits per heavy atom. The Balaban J connectivity index is 2.86. The molecule has 0 bridgehead atoms. The lowest BCUT2D eigenvalue weighted by Gasteiger charge is -2.07. The Labute approximate surface area is 110 Å². The Hall–Kier alpha value is -0.200. The second kappa shape index (κ2) is 16.8. The molecule has 0 fully saturated rings. The number of unbranched alkanes of at least 4 members (excludes halogenated alkanes) is 1. The first kappa shape index (κ1) is 17.8. The summed E-state index contributed by atoms with van der Waals surface area (Å²) in [5, 5.41) is 8.52. The molecule has 5 nitrogen and oxygen atoms in total. The quantitative estimate of drug-likeness (QED) is 0.451. The summed E-state index contributed by atoms with van der Waals surface area (Å²) in [6.07, 6.45) is 2.95. The predicted molar refractivity (Wildman–Crippen MR) is 69.9 cm³/mol. The molecule has 0 heterocycles. The molecule has 0 aliphatic carbocycles. The van der Waals surface area contributed by atoms with E-state index in [2.05, 4.69) is 6.92 Å². The van der Waals surface area contributed by atoms with E-state index in [0.717, 1.165) is 19.4 Å². The fourth-order valence-corrected chi connectivity index (χ4v) is 1.17. The maximum Gasteiger partial charge on any atom is 0.0701 e. The molecule has 0 aliphatic heterocycles. The van der Waals surface area contributed by atoms with Crippen molar-refractivity contribution in [3.63, 3.8) is 0 Å². The number of ether oxygens (including phenoxy) is 4. The molecule has 5 heteroatoms. The number of aliphatic hydroxyl groups is 1. The molecule has 18 heavy (non-hydrogen) atoms. The number of hydrogen-bond acceptors (Lipinski definition) is 5. The summed E-state index contributed by atoms with van der Waals surface area (Å²) in [6.45, 7) is 7.32. The van der Waals surface area contributed by atoms with Crippen molar-refractivity contribution in [3.05, 3.63) is 0 Å².